The molecule has 0 spiro atoms. The molecule has 0 atom stereocenters. The molecule has 26 heavy (non-hydrogen) atoms. The zero-order chi connectivity index (χ0) is 18.9. The van der Waals surface area contributed by atoms with Crippen molar-refractivity contribution in [3.63, 3.8) is 0 Å². The largest absolute Gasteiger partial charge is 0.462 e. The van der Waals surface area contributed by atoms with E-state index >= 15 is 0 Å². The third-order valence-corrected chi connectivity index (χ3v) is 3.11. The van der Waals surface area contributed by atoms with Crippen LogP contribution in [0.4, 0.5) is 4.39 Å². The van der Waals surface area contributed by atoms with Crippen molar-refractivity contribution in [1.82, 2.24) is 0 Å². The number of benzene rings is 2. The summed E-state index contributed by atoms with van der Waals surface area (Å²) in [7, 11) is 0. The normalized spacial score (nSPS) is 10.2. The van der Waals surface area contributed by atoms with Crippen LogP contribution in [0.15, 0.2) is 80.3 Å². The van der Waals surface area contributed by atoms with Crippen molar-refractivity contribution in [2.75, 3.05) is 0 Å². The van der Waals surface area contributed by atoms with Gasteiger partial charge in [0.2, 0.25) is 0 Å². The zero-order valence-corrected chi connectivity index (χ0v) is 13.7. The van der Waals surface area contributed by atoms with Gasteiger partial charge in [-0.25, -0.2) is 14.0 Å². The van der Waals surface area contributed by atoms with Crippen LogP contribution in [0.25, 0.3) is 11.1 Å². The zero-order valence-electron chi connectivity index (χ0n) is 13.7. The molecule has 0 saturated heterocycles. The molecule has 0 aliphatic carbocycles. The minimum absolute atomic E-state index is 0.169. The van der Waals surface area contributed by atoms with Gasteiger partial charge in [0.1, 0.15) is 18.3 Å². The van der Waals surface area contributed by atoms with E-state index in [1.54, 1.807) is 30.3 Å². The van der Waals surface area contributed by atoms with E-state index in [1.807, 2.05) is 0 Å². The van der Waals surface area contributed by atoms with Gasteiger partial charge in [-0.05, 0) is 35.4 Å². The minimum atomic E-state index is -0.732. The first-order valence-electron chi connectivity index (χ1n) is 7.42. The SMILES string of the molecule is C=CC(=O)OC=COc1ccc(-c2ccc(OC(=O)C=C)c(F)c2)cc1. The van der Waals surface area contributed by atoms with Gasteiger partial charge < -0.3 is 14.2 Å². The van der Waals surface area contributed by atoms with Gasteiger partial charge in [0.25, 0.3) is 0 Å². The predicted molar refractivity (Wildman–Crippen MR) is 93.7 cm³/mol. The number of carbonyl (C=O) groups excluding carboxylic acids is 2. The summed E-state index contributed by atoms with van der Waals surface area (Å²) < 4.78 is 28.7. The Bertz CT molecular complexity index is 853. The minimum Gasteiger partial charge on any atom is -0.462 e. The van der Waals surface area contributed by atoms with E-state index in [4.69, 9.17) is 9.47 Å². The van der Waals surface area contributed by atoms with Crippen molar-refractivity contribution in [2.45, 2.75) is 0 Å². The molecule has 0 fully saturated rings. The van der Waals surface area contributed by atoms with Crippen molar-refractivity contribution in [3.8, 4) is 22.6 Å². The molecule has 0 aliphatic heterocycles. The summed E-state index contributed by atoms with van der Waals surface area (Å²) in [4.78, 5) is 22.0. The molecule has 0 N–H and O–H groups in total. The Morgan fingerprint density at radius 3 is 2.15 bits per heavy atom. The summed E-state index contributed by atoms with van der Waals surface area (Å²) in [5, 5.41) is 0. The van der Waals surface area contributed by atoms with E-state index in [9.17, 15) is 14.0 Å². The molecule has 0 aromatic heterocycles. The molecule has 0 bridgehead atoms. The van der Waals surface area contributed by atoms with E-state index in [0.717, 1.165) is 24.0 Å². The topological polar surface area (TPSA) is 61.8 Å². The molecule has 2 rings (SSSR count). The van der Waals surface area contributed by atoms with Crippen LogP contribution in [0.3, 0.4) is 0 Å². The molecule has 0 amide bonds. The average Bonchev–Trinajstić information content (AvgIpc) is 2.67. The van der Waals surface area contributed by atoms with Gasteiger partial charge in [-0.2, -0.15) is 0 Å². The van der Waals surface area contributed by atoms with E-state index in [2.05, 4.69) is 17.9 Å². The van der Waals surface area contributed by atoms with Crippen molar-refractivity contribution in [2.24, 2.45) is 0 Å². The van der Waals surface area contributed by atoms with Gasteiger partial charge in [-0.1, -0.05) is 31.4 Å². The van der Waals surface area contributed by atoms with Crippen LogP contribution in [0.2, 0.25) is 0 Å². The van der Waals surface area contributed by atoms with E-state index in [0.29, 0.717) is 11.3 Å². The fraction of sp³-hybridized carbons (Fsp3) is 0. The van der Waals surface area contributed by atoms with Crippen LogP contribution in [-0.4, -0.2) is 11.9 Å². The second kappa shape index (κ2) is 8.98. The Labute approximate surface area is 149 Å². The van der Waals surface area contributed by atoms with Crippen LogP contribution >= 0.6 is 0 Å². The molecule has 6 heteroatoms. The van der Waals surface area contributed by atoms with Gasteiger partial charge in [0, 0.05) is 12.2 Å². The maximum absolute atomic E-state index is 14.0. The molecular formula is C20H15FO5. The quantitative estimate of drug-likeness (QED) is 0.323. The van der Waals surface area contributed by atoms with Crippen LogP contribution in [-0.2, 0) is 14.3 Å². The Kier molecular flexibility index (Phi) is 6.45. The monoisotopic (exact) mass is 354 g/mol. The summed E-state index contributed by atoms with van der Waals surface area (Å²) in [6, 6.07) is 11.0. The summed E-state index contributed by atoms with van der Waals surface area (Å²) in [5.74, 6) is -1.66. The number of esters is 2. The lowest BCUT2D eigenvalue weighted by Crippen LogP contribution is -2.04. The highest BCUT2D eigenvalue weighted by atomic mass is 19.1. The lowest BCUT2D eigenvalue weighted by Gasteiger charge is -2.07. The third-order valence-electron chi connectivity index (χ3n) is 3.11. The lowest BCUT2D eigenvalue weighted by atomic mass is 10.1. The van der Waals surface area contributed by atoms with Gasteiger partial charge >= 0.3 is 11.9 Å². The smallest absolute Gasteiger partial charge is 0.335 e. The van der Waals surface area contributed by atoms with Gasteiger partial charge in [-0.3, -0.25) is 0 Å². The predicted octanol–water partition coefficient (Wildman–Crippen LogP) is 4.16. The molecule has 0 aliphatic rings. The second-order valence-electron chi connectivity index (χ2n) is 4.83. The molecule has 0 saturated carbocycles. The first kappa shape index (κ1) is 18.7. The number of halogens is 1. The first-order valence-corrected chi connectivity index (χ1v) is 7.42. The fourth-order valence-electron chi connectivity index (χ4n) is 1.89. The Morgan fingerprint density at radius 1 is 0.885 bits per heavy atom. The number of carbonyl (C=O) groups is 2. The average molecular weight is 354 g/mol. The van der Waals surface area contributed by atoms with Crippen LogP contribution < -0.4 is 9.47 Å². The Balaban J connectivity index is 2.04. The van der Waals surface area contributed by atoms with E-state index in [-0.39, 0.29) is 5.75 Å². The van der Waals surface area contributed by atoms with Crippen LogP contribution in [0.1, 0.15) is 0 Å². The van der Waals surface area contributed by atoms with Crippen molar-refractivity contribution in [1.29, 1.82) is 0 Å². The van der Waals surface area contributed by atoms with E-state index < -0.39 is 17.8 Å². The summed E-state index contributed by atoms with van der Waals surface area (Å²) in [6.45, 7) is 6.52. The van der Waals surface area contributed by atoms with Gasteiger partial charge in [0.05, 0.1) is 0 Å². The highest BCUT2D eigenvalue weighted by Gasteiger charge is 2.09. The fourth-order valence-corrected chi connectivity index (χ4v) is 1.89. The molecular weight excluding hydrogens is 339 g/mol. The summed E-state index contributed by atoms with van der Waals surface area (Å²) >= 11 is 0. The summed E-state index contributed by atoms with van der Waals surface area (Å²) in [6.07, 6.45) is 4.29. The number of hydrogen-bond donors (Lipinski definition) is 0. The molecule has 2 aromatic rings. The van der Waals surface area contributed by atoms with Crippen LogP contribution in [0.5, 0.6) is 11.5 Å². The number of rotatable bonds is 7. The molecule has 2 aromatic carbocycles. The molecule has 132 valence electrons. The number of ether oxygens (including phenoxy) is 3. The summed E-state index contributed by atoms with van der Waals surface area (Å²) in [5.41, 5.74) is 1.34. The highest BCUT2D eigenvalue weighted by molar-refractivity contribution is 5.83. The lowest BCUT2D eigenvalue weighted by molar-refractivity contribution is -0.132. The molecule has 0 radical (unpaired) electrons. The first-order chi connectivity index (χ1) is 12.5. The Morgan fingerprint density at radius 2 is 1.54 bits per heavy atom. The van der Waals surface area contributed by atoms with Crippen molar-refractivity contribution >= 4 is 11.9 Å². The van der Waals surface area contributed by atoms with E-state index in [1.165, 1.54) is 18.4 Å². The Hall–Kier alpha value is -3.67. The maximum atomic E-state index is 14.0. The number of hydrogen-bond acceptors (Lipinski definition) is 5. The van der Waals surface area contributed by atoms with Crippen LogP contribution in [0, 0.1) is 5.82 Å². The van der Waals surface area contributed by atoms with Crippen molar-refractivity contribution < 1.29 is 28.2 Å². The second-order valence-corrected chi connectivity index (χ2v) is 4.83. The van der Waals surface area contributed by atoms with Gasteiger partial charge in [0.15, 0.2) is 11.6 Å². The molecule has 0 heterocycles. The van der Waals surface area contributed by atoms with Crippen molar-refractivity contribution in [3.05, 3.63) is 86.1 Å². The molecule has 5 nitrogen and oxygen atoms in total. The highest BCUT2D eigenvalue weighted by Crippen LogP contribution is 2.27. The standard InChI is InChI=1S/C20H15FO5/c1-3-19(22)25-12-11-24-16-8-5-14(6-9-16)15-7-10-18(17(21)13-15)26-20(23)4-2/h3-13H,1-2H2. The third kappa shape index (κ3) is 5.17. The van der Waals surface area contributed by atoms with Gasteiger partial charge in [-0.15, -0.1) is 0 Å². The molecule has 0 unspecified atom stereocenters. The maximum Gasteiger partial charge on any atom is 0.335 e.